The highest BCUT2D eigenvalue weighted by atomic mass is 16.5. The molecule has 1 aromatic carbocycles. The zero-order chi connectivity index (χ0) is 14.4. The van der Waals surface area contributed by atoms with Crippen LogP contribution >= 0.6 is 0 Å². The summed E-state index contributed by atoms with van der Waals surface area (Å²) in [6.07, 6.45) is 7.67. The topological polar surface area (TPSA) is 38.3 Å². The molecule has 3 nitrogen and oxygen atoms in total. The number of benzene rings is 1. The predicted molar refractivity (Wildman–Crippen MR) is 81.7 cm³/mol. The van der Waals surface area contributed by atoms with Gasteiger partial charge in [0.05, 0.1) is 7.11 Å². The maximum atomic E-state index is 12.0. The summed E-state index contributed by atoms with van der Waals surface area (Å²) in [7, 11) is 1.65. The fourth-order valence-electron chi connectivity index (χ4n) is 2.62. The van der Waals surface area contributed by atoms with Gasteiger partial charge >= 0.3 is 0 Å². The molecule has 1 aliphatic carbocycles. The van der Waals surface area contributed by atoms with Crippen LogP contribution in [0, 0.1) is 0 Å². The second-order valence-electron chi connectivity index (χ2n) is 5.40. The third-order valence-corrected chi connectivity index (χ3v) is 3.84. The fourth-order valence-corrected chi connectivity index (χ4v) is 2.62. The summed E-state index contributed by atoms with van der Waals surface area (Å²) in [6.45, 7) is 1.96. The summed E-state index contributed by atoms with van der Waals surface area (Å²) in [6, 6.07) is 8.12. The standard InChI is InChI=1S/C17H23NO2/c1-13(14-8-10-16(20-2)11-9-14)12-17(19)18-15-6-4-3-5-7-15/h8-12,15H,3-7H2,1-2H3,(H,18,19)/b13-12+. The lowest BCUT2D eigenvalue weighted by atomic mass is 9.95. The molecule has 1 amide bonds. The Morgan fingerprint density at radius 1 is 1.20 bits per heavy atom. The largest absolute Gasteiger partial charge is 0.497 e. The van der Waals surface area contributed by atoms with Crippen LogP contribution in [-0.2, 0) is 4.79 Å². The smallest absolute Gasteiger partial charge is 0.244 e. The molecule has 1 aliphatic rings. The Balaban J connectivity index is 1.95. The van der Waals surface area contributed by atoms with Crippen LogP contribution in [0.2, 0.25) is 0 Å². The normalized spacial score (nSPS) is 16.8. The van der Waals surface area contributed by atoms with Crippen LogP contribution < -0.4 is 10.1 Å². The maximum Gasteiger partial charge on any atom is 0.244 e. The highest BCUT2D eigenvalue weighted by Crippen LogP contribution is 2.19. The first kappa shape index (κ1) is 14.6. The molecular weight excluding hydrogens is 250 g/mol. The van der Waals surface area contributed by atoms with E-state index in [-0.39, 0.29) is 5.91 Å². The van der Waals surface area contributed by atoms with Crippen molar-refractivity contribution in [1.29, 1.82) is 0 Å². The number of hydrogen-bond acceptors (Lipinski definition) is 2. The molecule has 0 atom stereocenters. The van der Waals surface area contributed by atoms with Crippen LogP contribution in [0.3, 0.4) is 0 Å². The van der Waals surface area contributed by atoms with E-state index in [1.807, 2.05) is 31.2 Å². The Bertz CT molecular complexity index is 470. The average molecular weight is 273 g/mol. The molecule has 2 rings (SSSR count). The van der Waals surface area contributed by atoms with Crippen molar-refractivity contribution in [3.05, 3.63) is 35.9 Å². The van der Waals surface area contributed by atoms with Gasteiger partial charge in [0, 0.05) is 12.1 Å². The molecule has 0 aromatic heterocycles. The number of methoxy groups -OCH3 is 1. The fraction of sp³-hybridized carbons (Fsp3) is 0.471. The molecule has 0 aliphatic heterocycles. The quantitative estimate of drug-likeness (QED) is 0.852. The van der Waals surface area contributed by atoms with Crippen LogP contribution in [0.15, 0.2) is 30.3 Å². The monoisotopic (exact) mass is 273 g/mol. The van der Waals surface area contributed by atoms with Crippen molar-refractivity contribution < 1.29 is 9.53 Å². The maximum absolute atomic E-state index is 12.0. The summed E-state index contributed by atoms with van der Waals surface area (Å²) in [5, 5.41) is 3.10. The number of rotatable bonds is 4. The number of ether oxygens (including phenoxy) is 1. The van der Waals surface area contributed by atoms with Crippen molar-refractivity contribution in [2.45, 2.75) is 45.1 Å². The van der Waals surface area contributed by atoms with Crippen molar-refractivity contribution >= 4 is 11.5 Å². The van der Waals surface area contributed by atoms with Crippen LogP contribution in [0.1, 0.15) is 44.6 Å². The highest BCUT2D eigenvalue weighted by molar-refractivity contribution is 5.95. The first-order valence-electron chi connectivity index (χ1n) is 7.32. The van der Waals surface area contributed by atoms with Gasteiger partial charge in [-0.1, -0.05) is 31.4 Å². The van der Waals surface area contributed by atoms with Gasteiger partial charge in [-0.3, -0.25) is 4.79 Å². The Morgan fingerprint density at radius 3 is 2.45 bits per heavy atom. The molecule has 0 unspecified atom stereocenters. The molecule has 0 spiro atoms. The molecule has 3 heteroatoms. The van der Waals surface area contributed by atoms with E-state index in [2.05, 4.69) is 5.32 Å². The Kier molecular flexibility index (Phi) is 5.22. The molecule has 0 bridgehead atoms. The number of amides is 1. The number of carbonyl (C=O) groups is 1. The SMILES string of the molecule is COc1ccc(/C(C)=C/C(=O)NC2CCCCC2)cc1. The lowest BCUT2D eigenvalue weighted by Gasteiger charge is -2.22. The minimum Gasteiger partial charge on any atom is -0.497 e. The summed E-state index contributed by atoms with van der Waals surface area (Å²) >= 11 is 0. The lowest BCUT2D eigenvalue weighted by Crippen LogP contribution is -2.35. The van der Waals surface area contributed by atoms with Crippen molar-refractivity contribution in [2.75, 3.05) is 7.11 Å². The van der Waals surface area contributed by atoms with E-state index in [1.54, 1.807) is 13.2 Å². The predicted octanol–water partition coefficient (Wildman–Crippen LogP) is 3.55. The molecule has 1 fully saturated rings. The Labute approximate surface area is 121 Å². The number of nitrogens with one attached hydrogen (secondary N) is 1. The van der Waals surface area contributed by atoms with E-state index < -0.39 is 0 Å². The molecule has 0 heterocycles. The van der Waals surface area contributed by atoms with Gasteiger partial charge in [-0.05, 0) is 43.0 Å². The first-order valence-corrected chi connectivity index (χ1v) is 7.32. The van der Waals surface area contributed by atoms with Crippen LogP contribution in [-0.4, -0.2) is 19.1 Å². The second-order valence-corrected chi connectivity index (χ2v) is 5.40. The van der Waals surface area contributed by atoms with Gasteiger partial charge in [0.2, 0.25) is 5.91 Å². The van der Waals surface area contributed by atoms with Gasteiger partial charge in [0.1, 0.15) is 5.75 Å². The van der Waals surface area contributed by atoms with Gasteiger partial charge in [-0.2, -0.15) is 0 Å². The summed E-state index contributed by atoms with van der Waals surface area (Å²) in [4.78, 5) is 12.0. The minimum absolute atomic E-state index is 0.0187. The Hall–Kier alpha value is -1.77. The van der Waals surface area contributed by atoms with Crippen molar-refractivity contribution in [3.8, 4) is 5.75 Å². The van der Waals surface area contributed by atoms with E-state index in [9.17, 15) is 4.79 Å². The first-order chi connectivity index (χ1) is 9.69. The third-order valence-electron chi connectivity index (χ3n) is 3.84. The molecule has 1 N–H and O–H groups in total. The van der Waals surface area contributed by atoms with Gasteiger partial charge in [-0.25, -0.2) is 0 Å². The van der Waals surface area contributed by atoms with E-state index in [0.717, 1.165) is 29.7 Å². The van der Waals surface area contributed by atoms with E-state index in [0.29, 0.717) is 6.04 Å². The molecule has 0 saturated heterocycles. The zero-order valence-electron chi connectivity index (χ0n) is 12.3. The van der Waals surface area contributed by atoms with E-state index in [4.69, 9.17) is 4.74 Å². The number of allylic oxidation sites excluding steroid dienone is 1. The van der Waals surface area contributed by atoms with E-state index in [1.165, 1.54) is 19.3 Å². The summed E-state index contributed by atoms with van der Waals surface area (Å²) in [5.41, 5.74) is 2.02. The molecule has 20 heavy (non-hydrogen) atoms. The van der Waals surface area contributed by atoms with Gasteiger partial charge < -0.3 is 10.1 Å². The second kappa shape index (κ2) is 7.13. The highest BCUT2D eigenvalue weighted by Gasteiger charge is 2.14. The van der Waals surface area contributed by atoms with Crippen molar-refractivity contribution in [1.82, 2.24) is 5.32 Å². The van der Waals surface area contributed by atoms with Crippen LogP contribution in [0.4, 0.5) is 0 Å². The van der Waals surface area contributed by atoms with Crippen LogP contribution in [0.25, 0.3) is 5.57 Å². The summed E-state index contributed by atoms with van der Waals surface area (Å²) in [5.74, 6) is 0.846. The van der Waals surface area contributed by atoms with Gasteiger partial charge in [0.15, 0.2) is 0 Å². The average Bonchev–Trinajstić information content (AvgIpc) is 2.48. The number of carbonyl (C=O) groups excluding carboxylic acids is 1. The van der Waals surface area contributed by atoms with Crippen molar-refractivity contribution in [3.63, 3.8) is 0 Å². The number of hydrogen-bond donors (Lipinski definition) is 1. The Morgan fingerprint density at radius 2 is 1.85 bits per heavy atom. The third kappa shape index (κ3) is 4.12. The van der Waals surface area contributed by atoms with E-state index >= 15 is 0 Å². The van der Waals surface area contributed by atoms with Crippen molar-refractivity contribution in [2.24, 2.45) is 0 Å². The van der Waals surface area contributed by atoms with Crippen LogP contribution in [0.5, 0.6) is 5.75 Å². The van der Waals surface area contributed by atoms with Gasteiger partial charge in [0.25, 0.3) is 0 Å². The molecule has 0 radical (unpaired) electrons. The molecule has 1 aromatic rings. The molecule has 1 saturated carbocycles. The zero-order valence-corrected chi connectivity index (χ0v) is 12.3. The lowest BCUT2D eigenvalue weighted by molar-refractivity contribution is -0.117. The summed E-state index contributed by atoms with van der Waals surface area (Å²) < 4.78 is 5.13. The minimum atomic E-state index is 0.0187. The van der Waals surface area contributed by atoms with Gasteiger partial charge in [-0.15, -0.1) is 0 Å². The molecular formula is C17H23NO2. The molecule has 108 valence electrons.